The van der Waals surface area contributed by atoms with Crippen molar-refractivity contribution < 1.29 is 0 Å². The van der Waals surface area contributed by atoms with Crippen LogP contribution in [0.2, 0.25) is 0 Å². The quantitative estimate of drug-likeness (QED) is 0.238. The Kier molecular flexibility index (Phi) is 3.39. The predicted molar refractivity (Wildman–Crippen MR) is 142 cm³/mol. The number of para-hydroxylation sites is 4. The lowest BCUT2D eigenvalue weighted by Crippen LogP contribution is -1.87. The van der Waals surface area contributed by atoms with Crippen molar-refractivity contribution in [3.05, 3.63) is 115 Å². The van der Waals surface area contributed by atoms with Crippen molar-refractivity contribution in [1.82, 2.24) is 13.8 Å². The van der Waals surface area contributed by atoms with E-state index in [9.17, 15) is 0 Å². The van der Waals surface area contributed by atoms with Gasteiger partial charge in [0.15, 0.2) is 0 Å². The van der Waals surface area contributed by atoms with Gasteiger partial charge in [0.2, 0.25) is 5.78 Å². The molecule has 0 spiro atoms. The zero-order chi connectivity index (χ0) is 22.2. The number of hydrogen-bond donors (Lipinski definition) is 0. The maximum absolute atomic E-state index is 5.14. The molecule has 3 heteroatoms. The van der Waals surface area contributed by atoms with Crippen molar-refractivity contribution in [2.45, 2.75) is 0 Å². The van der Waals surface area contributed by atoms with Gasteiger partial charge in [0, 0.05) is 10.8 Å². The Labute approximate surface area is 194 Å². The lowest BCUT2D eigenvalue weighted by atomic mass is 10.0. The van der Waals surface area contributed by atoms with Crippen molar-refractivity contribution in [1.29, 1.82) is 0 Å². The first-order chi connectivity index (χ1) is 16.9. The molecule has 0 saturated carbocycles. The molecule has 158 valence electrons. The fraction of sp³-hybridized carbons (Fsp3) is 0. The van der Waals surface area contributed by atoms with Crippen LogP contribution in [0.4, 0.5) is 0 Å². The molecule has 3 aromatic heterocycles. The van der Waals surface area contributed by atoms with Gasteiger partial charge in [-0.1, -0.05) is 91.0 Å². The SMILES string of the molecule is c1ccc2c(c1)nc1n2c2cccc3c4ccccc4c4ccccc4c4ccccc4n1c32. The molecule has 0 aliphatic rings. The summed E-state index contributed by atoms with van der Waals surface area (Å²) in [5.41, 5.74) is 5.62. The molecule has 0 aliphatic carbocycles. The lowest BCUT2D eigenvalue weighted by Gasteiger charge is -2.02. The van der Waals surface area contributed by atoms with E-state index in [1.807, 2.05) is 0 Å². The molecule has 5 aromatic carbocycles. The summed E-state index contributed by atoms with van der Waals surface area (Å²) >= 11 is 0. The number of aromatic nitrogens is 3. The van der Waals surface area contributed by atoms with Crippen LogP contribution in [0.3, 0.4) is 0 Å². The van der Waals surface area contributed by atoms with Crippen molar-refractivity contribution in [3.63, 3.8) is 0 Å². The first-order valence-electron chi connectivity index (χ1n) is 11.6. The molecule has 8 aromatic rings. The number of nitrogens with zero attached hydrogens (tertiary/aromatic N) is 3. The average molecular weight is 434 g/mol. The highest BCUT2D eigenvalue weighted by atomic mass is 15.2. The first-order valence-corrected chi connectivity index (χ1v) is 11.6. The zero-order valence-electron chi connectivity index (χ0n) is 18.3. The summed E-state index contributed by atoms with van der Waals surface area (Å²) in [5.74, 6) is 0.938. The molecule has 0 atom stereocenters. The van der Waals surface area contributed by atoms with Gasteiger partial charge in [0.05, 0.1) is 27.6 Å². The summed E-state index contributed by atoms with van der Waals surface area (Å²) in [7, 11) is 0. The fourth-order valence-electron chi connectivity index (χ4n) is 5.70. The molecular weight excluding hydrogens is 414 g/mol. The molecule has 0 N–H and O–H groups in total. The van der Waals surface area contributed by atoms with Crippen LogP contribution in [-0.4, -0.2) is 13.8 Å². The second-order valence-corrected chi connectivity index (χ2v) is 8.85. The summed E-state index contributed by atoms with van der Waals surface area (Å²) < 4.78 is 4.67. The molecule has 3 heterocycles. The number of hydrogen-bond acceptors (Lipinski definition) is 1. The summed E-state index contributed by atoms with van der Waals surface area (Å²) in [4.78, 5) is 5.14. The third-order valence-corrected chi connectivity index (χ3v) is 7.09. The van der Waals surface area contributed by atoms with E-state index in [1.54, 1.807) is 0 Å². The zero-order valence-corrected chi connectivity index (χ0v) is 18.3. The molecule has 3 nitrogen and oxygen atoms in total. The van der Waals surface area contributed by atoms with Crippen LogP contribution < -0.4 is 0 Å². The average Bonchev–Trinajstić information content (AvgIpc) is 3.44. The van der Waals surface area contributed by atoms with Crippen LogP contribution in [0.25, 0.3) is 65.7 Å². The molecule has 0 bridgehead atoms. The van der Waals surface area contributed by atoms with Crippen LogP contribution in [0, 0.1) is 0 Å². The minimum absolute atomic E-state index is 0.938. The van der Waals surface area contributed by atoms with E-state index in [-0.39, 0.29) is 0 Å². The normalized spacial score (nSPS) is 12.1. The van der Waals surface area contributed by atoms with Gasteiger partial charge >= 0.3 is 0 Å². The predicted octanol–water partition coefficient (Wildman–Crippen LogP) is 7.92. The smallest absolute Gasteiger partial charge is 0.220 e. The highest BCUT2D eigenvalue weighted by molar-refractivity contribution is 6.21. The van der Waals surface area contributed by atoms with E-state index in [0.717, 1.165) is 27.8 Å². The molecule has 8 rings (SSSR count). The Morgan fingerprint density at radius 3 is 1.62 bits per heavy atom. The van der Waals surface area contributed by atoms with Crippen LogP contribution in [0.5, 0.6) is 0 Å². The maximum Gasteiger partial charge on any atom is 0.220 e. The highest BCUT2D eigenvalue weighted by Crippen LogP contribution is 2.36. The molecular formula is C31H19N3. The van der Waals surface area contributed by atoms with Gasteiger partial charge in [0.25, 0.3) is 0 Å². The van der Waals surface area contributed by atoms with Gasteiger partial charge in [-0.05, 0) is 45.8 Å². The van der Waals surface area contributed by atoms with Crippen molar-refractivity contribution in [2.75, 3.05) is 0 Å². The fourth-order valence-corrected chi connectivity index (χ4v) is 5.70. The lowest BCUT2D eigenvalue weighted by molar-refractivity contribution is 1.21. The molecule has 0 aliphatic heterocycles. The van der Waals surface area contributed by atoms with Gasteiger partial charge in [-0.15, -0.1) is 0 Å². The van der Waals surface area contributed by atoms with E-state index in [0.29, 0.717) is 0 Å². The van der Waals surface area contributed by atoms with Crippen molar-refractivity contribution in [3.8, 4) is 0 Å². The van der Waals surface area contributed by atoms with Crippen molar-refractivity contribution in [2.24, 2.45) is 0 Å². The monoisotopic (exact) mass is 433 g/mol. The largest absolute Gasteiger partial charge is 0.277 e. The molecule has 0 amide bonds. The van der Waals surface area contributed by atoms with Gasteiger partial charge < -0.3 is 0 Å². The number of fused-ring (bicyclic) bond motifs is 12. The van der Waals surface area contributed by atoms with E-state index in [2.05, 4.69) is 124 Å². The Morgan fingerprint density at radius 2 is 0.882 bits per heavy atom. The molecule has 0 radical (unpaired) electrons. The maximum atomic E-state index is 5.14. The van der Waals surface area contributed by atoms with E-state index < -0.39 is 0 Å². The van der Waals surface area contributed by atoms with Crippen LogP contribution in [0.15, 0.2) is 115 Å². The van der Waals surface area contributed by atoms with Crippen LogP contribution >= 0.6 is 0 Å². The topological polar surface area (TPSA) is 21.7 Å². The summed E-state index contributed by atoms with van der Waals surface area (Å²) in [6.07, 6.45) is 0. The van der Waals surface area contributed by atoms with Crippen molar-refractivity contribution >= 4 is 65.7 Å². The highest BCUT2D eigenvalue weighted by Gasteiger charge is 2.17. The Hall–Kier alpha value is -4.63. The number of imidazole rings is 2. The third kappa shape index (κ3) is 2.18. The van der Waals surface area contributed by atoms with Gasteiger partial charge in [-0.25, -0.2) is 4.98 Å². The minimum Gasteiger partial charge on any atom is -0.277 e. The first kappa shape index (κ1) is 17.9. The number of rotatable bonds is 0. The standard InChI is InChI=1S/C31H19N3/c1-3-12-22-20(10-1)21-11-2-4-13-23(21)25-15-9-19-29-30(25)34(27-17-7-5-14-24(22)27)31-32-26-16-6-8-18-28(26)33(29)31/h1-19H. The van der Waals surface area contributed by atoms with Crippen LogP contribution in [0.1, 0.15) is 0 Å². The summed E-state index contributed by atoms with van der Waals surface area (Å²) in [5, 5.41) is 7.38. The second kappa shape index (κ2) is 6.46. The van der Waals surface area contributed by atoms with E-state index >= 15 is 0 Å². The summed E-state index contributed by atoms with van der Waals surface area (Å²) in [6.45, 7) is 0. The van der Waals surface area contributed by atoms with Gasteiger partial charge in [-0.3, -0.25) is 8.80 Å². The second-order valence-electron chi connectivity index (χ2n) is 8.85. The van der Waals surface area contributed by atoms with Crippen LogP contribution in [-0.2, 0) is 0 Å². The molecule has 0 saturated heterocycles. The van der Waals surface area contributed by atoms with Gasteiger partial charge in [-0.2, -0.15) is 0 Å². The molecule has 0 fully saturated rings. The van der Waals surface area contributed by atoms with E-state index in [1.165, 1.54) is 37.8 Å². The Balaban J connectivity index is 1.88. The summed E-state index contributed by atoms with van der Waals surface area (Å²) in [6, 6.07) is 41.2. The molecule has 0 unspecified atom stereocenters. The number of benzene rings is 5. The third-order valence-electron chi connectivity index (χ3n) is 7.09. The van der Waals surface area contributed by atoms with E-state index in [4.69, 9.17) is 4.98 Å². The van der Waals surface area contributed by atoms with Gasteiger partial charge in [0.1, 0.15) is 0 Å². The Morgan fingerprint density at radius 1 is 0.382 bits per heavy atom. The minimum atomic E-state index is 0.938. The Bertz CT molecular complexity index is 2130. The molecule has 34 heavy (non-hydrogen) atoms.